The zero-order valence-electron chi connectivity index (χ0n) is 17.2. The lowest BCUT2D eigenvalue weighted by molar-refractivity contribution is -0.146. The molecule has 0 aromatic heterocycles. The fourth-order valence-corrected chi connectivity index (χ4v) is 7.97. The first-order chi connectivity index (χ1) is 13.6. The van der Waals surface area contributed by atoms with Gasteiger partial charge in [-0.3, -0.25) is 9.69 Å². The van der Waals surface area contributed by atoms with Gasteiger partial charge in [0, 0.05) is 36.4 Å². The van der Waals surface area contributed by atoms with Crippen LogP contribution in [0.5, 0.6) is 0 Å². The van der Waals surface area contributed by atoms with Crippen LogP contribution in [0.25, 0.3) is 0 Å². The van der Waals surface area contributed by atoms with Gasteiger partial charge in [0.1, 0.15) is 6.61 Å². The fourth-order valence-electron chi connectivity index (χ4n) is 5.36. The van der Waals surface area contributed by atoms with E-state index in [1.54, 1.807) is 22.9 Å². The predicted octanol–water partition coefficient (Wildman–Crippen LogP) is 1.80. The van der Waals surface area contributed by atoms with Crippen LogP contribution in [0.1, 0.15) is 18.9 Å². The van der Waals surface area contributed by atoms with Crippen molar-refractivity contribution in [3.05, 3.63) is 23.8 Å². The maximum Gasteiger partial charge on any atom is 0.414 e. The van der Waals surface area contributed by atoms with Crippen LogP contribution >= 0.6 is 0 Å². The van der Waals surface area contributed by atoms with Crippen molar-refractivity contribution in [2.75, 3.05) is 36.6 Å². The third-order valence-corrected chi connectivity index (χ3v) is 9.09. The van der Waals surface area contributed by atoms with E-state index in [9.17, 15) is 19.5 Å². The molecule has 3 aliphatic heterocycles. The highest BCUT2D eigenvalue weighted by molar-refractivity contribution is 6.71. The van der Waals surface area contributed by atoms with Gasteiger partial charge in [-0.05, 0) is 37.7 Å². The van der Waals surface area contributed by atoms with Crippen LogP contribution in [0.2, 0.25) is 18.6 Å². The number of fused-ring (bicyclic) bond motifs is 2. The Balaban J connectivity index is 1.84. The van der Waals surface area contributed by atoms with E-state index in [1.807, 2.05) is 32.2 Å². The van der Waals surface area contributed by atoms with Gasteiger partial charge in [0.05, 0.1) is 18.3 Å². The molecule has 2 fully saturated rings. The Morgan fingerprint density at radius 2 is 2.03 bits per heavy atom. The van der Waals surface area contributed by atoms with Gasteiger partial charge in [-0.25, -0.2) is 4.79 Å². The Labute approximate surface area is 171 Å². The molecule has 4 rings (SSSR count). The number of anilines is 2. The van der Waals surface area contributed by atoms with Gasteiger partial charge in [0.25, 0.3) is 5.91 Å². The summed E-state index contributed by atoms with van der Waals surface area (Å²) < 4.78 is 11.5. The highest BCUT2D eigenvalue weighted by atomic mass is 28.4. The molecule has 158 valence electrons. The second-order valence-electron chi connectivity index (χ2n) is 8.70. The molecule has 3 aliphatic rings. The number of carbonyl (C=O) groups is 2. The van der Waals surface area contributed by atoms with E-state index < -0.39 is 26.1 Å². The van der Waals surface area contributed by atoms with Crippen molar-refractivity contribution in [1.82, 2.24) is 0 Å². The van der Waals surface area contributed by atoms with Crippen LogP contribution in [-0.2, 0) is 19.9 Å². The predicted molar refractivity (Wildman–Crippen MR) is 109 cm³/mol. The van der Waals surface area contributed by atoms with Gasteiger partial charge in [0.2, 0.25) is 0 Å². The van der Waals surface area contributed by atoms with Crippen molar-refractivity contribution in [3.8, 4) is 0 Å². The first-order valence-corrected chi connectivity index (χ1v) is 13.0. The molecule has 9 heteroatoms. The molecule has 4 atom stereocenters. The number of rotatable bonds is 4. The van der Waals surface area contributed by atoms with Crippen LogP contribution in [-0.4, -0.2) is 63.1 Å². The average Bonchev–Trinajstić information content (AvgIpc) is 3.26. The molecule has 8 nitrogen and oxygen atoms in total. The number of aliphatic hydroxyl groups is 1. The standard InChI is InChI=1S/C20H28N2O6Si/c1-12-17(29(3,4)26)16(7-9-23)28-20(12)14-11-13(22-8-10-27-19(22)25)5-6-15(14)21(2)18(20)24/h5-6,11-12,16-17,23,26H,7-10H2,1-4H3/t12-,16+,17-,20+/m0/s1. The van der Waals surface area contributed by atoms with E-state index in [0.717, 1.165) is 5.69 Å². The summed E-state index contributed by atoms with van der Waals surface area (Å²) in [6.07, 6.45) is -0.458. The number of amides is 2. The summed E-state index contributed by atoms with van der Waals surface area (Å²) in [5, 5.41) is 9.56. The van der Waals surface area contributed by atoms with Crippen molar-refractivity contribution < 1.29 is 29.0 Å². The lowest BCUT2D eigenvalue weighted by Crippen LogP contribution is -2.45. The lowest BCUT2D eigenvalue weighted by Gasteiger charge is -2.32. The Morgan fingerprint density at radius 3 is 2.62 bits per heavy atom. The number of carbonyl (C=O) groups excluding carboxylic acids is 2. The highest BCUT2D eigenvalue weighted by Crippen LogP contribution is 2.59. The molecule has 0 unspecified atom stereocenters. The van der Waals surface area contributed by atoms with E-state index in [2.05, 4.69) is 0 Å². The topological polar surface area (TPSA) is 99.5 Å². The number of benzene rings is 1. The zero-order valence-corrected chi connectivity index (χ0v) is 18.2. The van der Waals surface area contributed by atoms with Crippen LogP contribution in [0, 0.1) is 5.92 Å². The molecular weight excluding hydrogens is 392 g/mol. The molecule has 2 amide bonds. The summed E-state index contributed by atoms with van der Waals surface area (Å²) in [7, 11) is -0.982. The Bertz CT molecular complexity index is 856. The molecule has 29 heavy (non-hydrogen) atoms. The van der Waals surface area contributed by atoms with Crippen molar-refractivity contribution in [3.63, 3.8) is 0 Å². The smallest absolute Gasteiger partial charge is 0.414 e. The van der Waals surface area contributed by atoms with Gasteiger partial charge in [-0.1, -0.05) is 6.92 Å². The number of cyclic esters (lactones) is 1. The Hall–Kier alpha value is -1.94. The fraction of sp³-hybridized carbons (Fsp3) is 0.600. The van der Waals surface area contributed by atoms with Crippen molar-refractivity contribution >= 4 is 31.7 Å². The van der Waals surface area contributed by atoms with Gasteiger partial charge in [-0.2, -0.15) is 0 Å². The molecule has 0 radical (unpaired) electrons. The first kappa shape index (κ1) is 20.3. The molecule has 1 aromatic rings. The monoisotopic (exact) mass is 420 g/mol. The molecule has 1 aromatic carbocycles. The Kier molecular flexibility index (Phi) is 4.77. The SMILES string of the molecule is C[C@H]1[C@H]([Si](C)(C)O)[C@@H](CCO)O[C@]12C(=O)N(C)c1ccc(N3CCOC3=O)cc12. The van der Waals surface area contributed by atoms with Crippen LogP contribution < -0.4 is 9.80 Å². The third kappa shape index (κ3) is 2.83. The highest BCUT2D eigenvalue weighted by Gasteiger charge is 2.65. The molecule has 2 N–H and O–H groups in total. The minimum atomic E-state index is -2.70. The number of aliphatic hydroxyl groups excluding tert-OH is 1. The summed E-state index contributed by atoms with van der Waals surface area (Å²) in [5.41, 5.74) is 0.657. The second kappa shape index (κ2) is 6.80. The normalized spacial score (nSPS) is 31.7. The van der Waals surface area contributed by atoms with Crippen molar-refractivity contribution in [1.29, 1.82) is 0 Å². The van der Waals surface area contributed by atoms with E-state index in [-0.39, 0.29) is 24.0 Å². The quantitative estimate of drug-likeness (QED) is 0.721. The minimum Gasteiger partial charge on any atom is -0.447 e. The summed E-state index contributed by atoms with van der Waals surface area (Å²) in [6, 6.07) is 5.47. The molecular formula is C20H28N2O6Si. The summed E-state index contributed by atoms with van der Waals surface area (Å²) in [5.74, 6) is -0.451. The van der Waals surface area contributed by atoms with Crippen molar-refractivity contribution in [2.24, 2.45) is 5.92 Å². The minimum absolute atomic E-state index is 0.0784. The molecule has 2 saturated heterocycles. The first-order valence-electron chi connectivity index (χ1n) is 10.0. The summed E-state index contributed by atoms with van der Waals surface area (Å²) in [4.78, 5) is 39.6. The van der Waals surface area contributed by atoms with Gasteiger partial charge < -0.3 is 24.3 Å². The summed E-state index contributed by atoms with van der Waals surface area (Å²) in [6.45, 7) is 6.35. The lowest BCUT2D eigenvalue weighted by atomic mass is 9.82. The average molecular weight is 421 g/mol. The Morgan fingerprint density at radius 1 is 1.31 bits per heavy atom. The van der Waals surface area contributed by atoms with E-state index in [4.69, 9.17) is 9.47 Å². The van der Waals surface area contributed by atoms with E-state index in [0.29, 0.717) is 30.8 Å². The molecule has 0 aliphatic carbocycles. The maximum absolute atomic E-state index is 13.5. The number of hydrogen-bond donors (Lipinski definition) is 2. The maximum atomic E-state index is 13.5. The zero-order chi connectivity index (χ0) is 21.1. The van der Waals surface area contributed by atoms with E-state index in [1.165, 1.54) is 0 Å². The van der Waals surface area contributed by atoms with Gasteiger partial charge in [-0.15, -0.1) is 0 Å². The van der Waals surface area contributed by atoms with Crippen molar-refractivity contribution in [2.45, 2.75) is 43.7 Å². The number of ether oxygens (including phenoxy) is 2. The van der Waals surface area contributed by atoms with Gasteiger partial charge in [0.15, 0.2) is 13.9 Å². The van der Waals surface area contributed by atoms with Crippen LogP contribution in [0.4, 0.5) is 16.2 Å². The second-order valence-corrected chi connectivity index (χ2v) is 12.7. The molecule has 0 bridgehead atoms. The third-order valence-electron chi connectivity index (χ3n) is 6.58. The number of hydrogen-bond acceptors (Lipinski definition) is 6. The molecule has 3 heterocycles. The van der Waals surface area contributed by atoms with Crippen LogP contribution in [0.3, 0.4) is 0 Å². The number of nitrogens with zero attached hydrogens (tertiary/aromatic N) is 2. The molecule has 1 spiro atoms. The van der Waals surface area contributed by atoms with Crippen LogP contribution in [0.15, 0.2) is 18.2 Å². The number of likely N-dealkylation sites (N-methyl/N-ethyl adjacent to an activating group) is 1. The largest absolute Gasteiger partial charge is 0.447 e. The summed E-state index contributed by atoms with van der Waals surface area (Å²) >= 11 is 0. The van der Waals surface area contributed by atoms with Gasteiger partial charge >= 0.3 is 6.09 Å². The van der Waals surface area contributed by atoms with E-state index >= 15 is 0 Å². The molecule has 0 saturated carbocycles.